The summed E-state index contributed by atoms with van der Waals surface area (Å²) < 4.78 is 10.2. The predicted octanol–water partition coefficient (Wildman–Crippen LogP) is 2.51. The third-order valence-corrected chi connectivity index (χ3v) is 3.64. The molecule has 1 fully saturated rings. The van der Waals surface area contributed by atoms with Crippen LogP contribution in [0.1, 0.15) is 42.6 Å². The first-order chi connectivity index (χ1) is 11.5. The Balaban J connectivity index is 2.19. The average Bonchev–Trinajstić information content (AvgIpc) is 3.26. The molecule has 1 aromatic carbocycles. The second-order valence-corrected chi connectivity index (χ2v) is 5.58. The number of hydrogen-bond acceptors (Lipinski definition) is 6. The second-order valence-electron chi connectivity index (χ2n) is 5.58. The molecule has 0 unspecified atom stereocenters. The Morgan fingerprint density at radius 2 is 2.04 bits per heavy atom. The molecule has 0 bridgehead atoms. The number of phenols is 2. The van der Waals surface area contributed by atoms with Crippen LogP contribution in [0.15, 0.2) is 24.3 Å². The molecule has 2 N–H and O–H groups in total. The molecule has 0 radical (unpaired) electrons. The number of hydrogen-bond donors (Lipinski definition) is 2. The lowest BCUT2D eigenvalue weighted by Crippen LogP contribution is -2.16. The summed E-state index contributed by atoms with van der Waals surface area (Å²) in [4.78, 5) is 24.3. The van der Waals surface area contributed by atoms with E-state index in [4.69, 9.17) is 9.47 Å². The van der Waals surface area contributed by atoms with Gasteiger partial charge in [0.15, 0.2) is 11.9 Å². The van der Waals surface area contributed by atoms with Crippen LogP contribution in [-0.4, -0.2) is 40.8 Å². The van der Waals surface area contributed by atoms with Crippen LogP contribution in [0.4, 0.5) is 0 Å². The molecule has 1 aromatic rings. The number of ketones is 1. The van der Waals surface area contributed by atoms with Crippen molar-refractivity contribution in [1.29, 1.82) is 0 Å². The zero-order valence-electron chi connectivity index (χ0n) is 13.8. The van der Waals surface area contributed by atoms with E-state index in [1.807, 2.05) is 12.2 Å². The van der Waals surface area contributed by atoms with Crippen LogP contribution in [-0.2, 0) is 20.7 Å². The zero-order chi connectivity index (χ0) is 17.7. The number of esters is 1. The second kappa shape index (κ2) is 7.97. The van der Waals surface area contributed by atoms with E-state index in [0.29, 0.717) is 0 Å². The lowest BCUT2D eigenvalue weighted by molar-refractivity contribution is -0.142. The van der Waals surface area contributed by atoms with E-state index >= 15 is 0 Å². The van der Waals surface area contributed by atoms with Crippen LogP contribution in [0.3, 0.4) is 0 Å². The van der Waals surface area contributed by atoms with Gasteiger partial charge in [0.25, 0.3) is 0 Å². The first-order valence-corrected chi connectivity index (χ1v) is 8.04. The number of benzene rings is 1. The minimum absolute atomic E-state index is 0.00255. The molecule has 0 saturated carbocycles. The fraction of sp³-hybridized carbons (Fsp3) is 0.444. The standard InChI is InChI=1S/C18H22O6/c1-3-5-6-7-14-18(24-14)17(22)16-11(9-15(21)23-4-2)8-12(19)10-13(16)20/h6-8,10,14,18-20H,3-5,9H2,1-2H3/b7-6+/t14-,18-/m0/s1. The molecular formula is C18H22O6. The van der Waals surface area contributed by atoms with Crippen molar-refractivity contribution in [1.82, 2.24) is 0 Å². The molecule has 6 nitrogen and oxygen atoms in total. The molecule has 0 spiro atoms. The number of epoxide rings is 1. The number of ether oxygens (including phenoxy) is 2. The molecule has 1 aliphatic heterocycles. The van der Waals surface area contributed by atoms with E-state index < -0.39 is 17.9 Å². The van der Waals surface area contributed by atoms with Gasteiger partial charge in [0, 0.05) is 6.07 Å². The van der Waals surface area contributed by atoms with Crippen molar-refractivity contribution in [2.24, 2.45) is 0 Å². The molecule has 24 heavy (non-hydrogen) atoms. The van der Waals surface area contributed by atoms with E-state index in [1.54, 1.807) is 6.92 Å². The van der Waals surface area contributed by atoms with Gasteiger partial charge in [0.1, 0.15) is 17.6 Å². The number of carbonyl (C=O) groups is 2. The van der Waals surface area contributed by atoms with Gasteiger partial charge in [-0.1, -0.05) is 25.5 Å². The lowest BCUT2D eigenvalue weighted by atomic mass is 9.96. The molecule has 6 heteroatoms. The van der Waals surface area contributed by atoms with Crippen LogP contribution in [0.2, 0.25) is 0 Å². The first kappa shape index (κ1) is 18.0. The molecule has 2 rings (SSSR count). The third kappa shape index (κ3) is 4.35. The maximum atomic E-state index is 12.6. The smallest absolute Gasteiger partial charge is 0.310 e. The van der Waals surface area contributed by atoms with Crippen molar-refractivity contribution in [3.05, 3.63) is 35.4 Å². The fourth-order valence-corrected chi connectivity index (χ4v) is 2.48. The van der Waals surface area contributed by atoms with E-state index in [1.165, 1.54) is 6.07 Å². The third-order valence-electron chi connectivity index (χ3n) is 3.64. The summed E-state index contributed by atoms with van der Waals surface area (Å²) >= 11 is 0. The van der Waals surface area contributed by atoms with Crippen LogP contribution in [0.25, 0.3) is 0 Å². The summed E-state index contributed by atoms with van der Waals surface area (Å²) in [6.45, 7) is 3.94. The van der Waals surface area contributed by atoms with E-state index in [9.17, 15) is 19.8 Å². The number of rotatable bonds is 8. The average molecular weight is 334 g/mol. The van der Waals surface area contributed by atoms with Crippen LogP contribution in [0.5, 0.6) is 11.5 Å². The minimum Gasteiger partial charge on any atom is -0.508 e. The maximum Gasteiger partial charge on any atom is 0.310 e. The molecule has 2 atom stereocenters. The molecule has 0 aromatic heterocycles. The summed E-state index contributed by atoms with van der Waals surface area (Å²) in [7, 11) is 0. The van der Waals surface area contributed by atoms with Crippen LogP contribution in [0, 0.1) is 0 Å². The fourth-order valence-electron chi connectivity index (χ4n) is 2.48. The van der Waals surface area contributed by atoms with Gasteiger partial charge in [0.2, 0.25) is 0 Å². The highest BCUT2D eigenvalue weighted by atomic mass is 16.6. The summed E-state index contributed by atoms with van der Waals surface area (Å²) in [5, 5.41) is 19.7. The van der Waals surface area contributed by atoms with Crippen molar-refractivity contribution in [3.8, 4) is 11.5 Å². The SMILES string of the molecule is CCC/C=C/[C@@H]1O[C@@H]1C(=O)c1c(O)cc(O)cc1CC(=O)OCC. The van der Waals surface area contributed by atoms with Crippen molar-refractivity contribution < 1.29 is 29.3 Å². The first-order valence-electron chi connectivity index (χ1n) is 8.04. The molecule has 0 aliphatic carbocycles. The molecular weight excluding hydrogens is 312 g/mol. The van der Waals surface area contributed by atoms with E-state index in [2.05, 4.69) is 6.92 Å². The van der Waals surface area contributed by atoms with Crippen molar-refractivity contribution in [3.63, 3.8) is 0 Å². The van der Waals surface area contributed by atoms with Gasteiger partial charge in [-0.15, -0.1) is 0 Å². The predicted molar refractivity (Wildman–Crippen MR) is 87.1 cm³/mol. The van der Waals surface area contributed by atoms with Gasteiger partial charge in [-0.05, 0) is 25.0 Å². The maximum absolute atomic E-state index is 12.6. The number of aromatic hydroxyl groups is 2. The number of unbranched alkanes of at least 4 members (excludes halogenated alkanes) is 1. The van der Waals surface area contributed by atoms with Gasteiger partial charge in [0.05, 0.1) is 18.6 Å². The quantitative estimate of drug-likeness (QED) is 0.328. The molecule has 1 saturated heterocycles. The highest BCUT2D eigenvalue weighted by molar-refractivity contribution is 6.05. The van der Waals surface area contributed by atoms with Crippen molar-refractivity contribution in [2.45, 2.75) is 45.3 Å². The Morgan fingerprint density at radius 3 is 2.71 bits per heavy atom. The van der Waals surface area contributed by atoms with Gasteiger partial charge < -0.3 is 19.7 Å². The van der Waals surface area contributed by atoms with Gasteiger partial charge in [-0.3, -0.25) is 9.59 Å². The summed E-state index contributed by atoms with van der Waals surface area (Å²) in [6.07, 6.45) is 4.49. The Morgan fingerprint density at radius 1 is 1.29 bits per heavy atom. The van der Waals surface area contributed by atoms with Crippen LogP contribution < -0.4 is 0 Å². The van der Waals surface area contributed by atoms with Crippen molar-refractivity contribution >= 4 is 11.8 Å². The topological polar surface area (TPSA) is 96.4 Å². The molecule has 130 valence electrons. The minimum atomic E-state index is -0.672. The Hall–Kier alpha value is -2.34. The number of allylic oxidation sites excluding steroid dienone is 1. The van der Waals surface area contributed by atoms with Gasteiger partial charge in [-0.25, -0.2) is 0 Å². The molecule has 0 amide bonds. The highest BCUT2D eigenvalue weighted by Crippen LogP contribution is 2.34. The van der Waals surface area contributed by atoms with Gasteiger partial charge in [-0.2, -0.15) is 0 Å². The molecule has 1 heterocycles. The number of phenolic OH excluding ortho intramolecular Hbond substituents is 2. The van der Waals surface area contributed by atoms with Gasteiger partial charge >= 0.3 is 5.97 Å². The Bertz CT molecular complexity index is 649. The zero-order valence-corrected chi connectivity index (χ0v) is 13.8. The molecule has 1 aliphatic rings. The summed E-state index contributed by atoms with van der Waals surface area (Å²) in [6, 6.07) is 2.36. The lowest BCUT2D eigenvalue weighted by Gasteiger charge is -2.10. The summed E-state index contributed by atoms with van der Waals surface area (Å²) in [5.74, 6) is -1.53. The highest BCUT2D eigenvalue weighted by Gasteiger charge is 2.44. The normalized spacial score (nSPS) is 19.4. The monoisotopic (exact) mass is 334 g/mol. The Kier molecular flexibility index (Phi) is 5.98. The number of carbonyl (C=O) groups excluding carboxylic acids is 2. The Labute approximate surface area is 140 Å². The summed E-state index contributed by atoms with van der Waals surface area (Å²) in [5.41, 5.74) is 0.222. The largest absolute Gasteiger partial charge is 0.508 e. The van der Waals surface area contributed by atoms with Crippen molar-refractivity contribution in [2.75, 3.05) is 6.61 Å². The van der Waals surface area contributed by atoms with E-state index in [-0.39, 0.29) is 41.8 Å². The number of Topliss-reactive ketones (excluding diaryl/α,β-unsaturated/α-hetero) is 1. The van der Waals surface area contributed by atoms with Crippen LogP contribution >= 0.6 is 0 Å². The van der Waals surface area contributed by atoms with E-state index in [0.717, 1.165) is 18.9 Å².